The van der Waals surface area contributed by atoms with E-state index in [4.69, 9.17) is 11.6 Å². The summed E-state index contributed by atoms with van der Waals surface area (Å²) < 4.78 is 0.935. The highest BCUT2D eigenvalue weighted by Crippen LogP contribution is 2.25. The van der Waals surface area contributed by atoms with Crippen LogP contribution in [0.15, 0.2) is 29.1 Å². The standard InChI is InChI=1S/C8H4BrClN2/c9-7-4-11-3-6-5(7)1-2-12-8(6)10/h1-4H. The molecular weight excluding hydrogens is 239 g/mol. The molecule has 0 amide bonds. The van der Waals surface area contributed by atoms with E-state index in [2.05, 4.69) is 25.9 Å². The second kappa shape index (κ2) is 2.99. The van der Waals surface area contributed by atoms with Crippen LogP contribution in [0.5, 0.6) is 0 Å². The molecule has 0 saturated heterocycles. The molecule has 4 heteroatoms. The number of nitrogens with zero attached hydrogens (tertiary/aromatic N) is 2. The van der Waals surface area contributed by atoms with Crippen molar-refractivity contribution in [3.05, 3.63) is 34.3 Å². The fourth-order valence-electron chi connectivity index (χ4n) is 1.03. The fourth-order valence-corrected chi connectivity index (χ4v) is 1.70. The topological polar surface area (TPSA) is 25.8 Å². The molecular formula is C8H4BrClN2. The molecule has 2 nitrogen and oxygen atoms in total. The molecule has 0 bridgehead atoms. The quantitative estimate of drug-likeness (QED) is 0.665. The lowest BCUT2D eigenvalue weighted by atomic mass is 10.2. The Hall–Kier alpha value is -0.670. The van der Waals surface area contributed by atoms with Crippen LogP contribution >= 0.6 is 27.5 Å². The van der Waals surface area contributed by atoms with Gasteiger partial charge in [-0.3, -0.25) is 4.98 Å². The van der Waals surface area contributed by atoms with Gasteiger partial charge >= 0.3 is 0 Å². The molecule has 0 aliphatic carbocycles. The predicted molar refractivity (Wildman–Crippen MR) is 52.2 cm³/mol. The van der Waals surface area contributed by atoms with Crippen molar-refractivity contribution in [2.45, 2.75) is 0 Å². The van der Waals surface area contributed by atoms with E-state index in [1.165, 1.54) is 0 Å². The van der Waals surface area contributed by atoms with Crippen LogP contribution in [0.25, 0.3) is 10.8 Å². The molecule has 0 radical (unpaired) electrons. The summed E-state index contributed by atoms with van der Waals surface area (Å²) in [5.74, 6) is 0. The first-order valence-corrected chi connectivity index (χ1v) is 4.50. The SMILES string of the molecule is Clc1nccc2c(Br)cncc12. The average molecular weight is 243 g/mol. The fraction of sp³-hybridized carbons (Fsp3) is 0. The van der Waals surface area contributed by atoms with Gasteiger partial charge in [-0.15, -0.1) is 0 Å². The molecule has 0 spiro atoms. The van der Waals surface area contributed by atoms with Gasteiger partial charge in [-0.05, 0) is 22.0 Å². The maximum absolute atomic E-state index is 5.86. The highest BCUT2D eigenvalue weighted by molar-refractivity contribution is 9.10. The largest absolute Gasteiger partial charge is 0.263 e. The van der Waals surface area contributed by atoms with E-state index in [9.17, 15) is 0 Å². The van der Waals surface area contributed by atoms with Crippen molar-refractivity contribution in [1.29, 1.82) is 0 Å². The van der Waals surface area contributed by atoms with Crippen molar-refractivity contribution in [3.63, 3.8) is 0 Å². The Balaban J connectivity index is 2.94. The third-order valence-electron chi connectivity index (χ3n) is 1.59. The maximum Gasteiger partial charge on any atom is 0.138 e. The first kappa shape index (κ1) is 7.95. The first-order chi connectivity index (χ1) is 5.79. The molecule has 0 saturated carbocycles. The summed E-state index contributed by atoms with van der Waals surface area (Å²) in [5, 5.41) is 2.39. The monoisotopic (exact) mass is 242 g/mol. The van der Waals surface area contributed by atoms with E-state index in [-0.39, 0.29) is 0 Å². The van der Waals surface area contributed by atoms with Crippen molar-refractivity contribution in [3.8, 4) is 0 Å². The minimum atomic E-state index is 0.487. The lowest BCUT2D eigenvalue weighted by molar-refractivity contribution is 1.31. The molecule has 0 fully saturated rings. The second-order valence-corrected chi connectivity index (χ2v) is 3.53. The predicted octanol–water partition coefficient (Wildman–Crippen LogP) is 3.05. The molecule has 2 aromatic heterocycles. The molecule has 2 aromatic rings. The Labute approximate surface area is 82.7 Å². The van der Waals surface area contributed by atoms with Gasteiger partial charge in [-0.1, -0.05) is 11.6 Å². The number of rotatable bonds is 0. The van der Waals surface area contributed by atoms with Gasteiger partial charge < -0.3 is 0 Å². The maximum atomic E-state index is 5.86. The van der Waals surface area contributed by atoms with Gasteiger partial charge in [0.05, 0.1) is 0 Å². The number of halogens is 2. The van der Waals surface area contributed by atoms with Crippen molar-refractivity contribution in [1.82, 2.24) is 9.97 Å². The van der Waals surface area contributed by atoms with Gasteiger partial charge in [0.25, 0.3) is 0 Å². The summed E-state index contributed by atoms with van der Waals surface area (Å²) in [6.07, 6.45) is 5.11. The van der Waals surface area contributed by atoms with Crippen LogP contribution in [0.1, 0.15) is 0 Å². The lowest BCUT2D eigenvalue weighted by Crippen LogP contribution is -1.81. The molecule has 0 unspecified atom stereocenters. The van der Waals surface area contributed by atoms with E-state index in [1.807, 2.05) is 6.07 Å². The molecule has 0 aliphatic rings. The number of hydrogen-bond donors (Lipinski definition) is 0. The average Bonchev–Trinajstić information content (AvgIpc) is 2.07. The van der Waals surface area contributed by atoms with Crippen LogP contribution in [0.4, 0.5) is 0 Å². The number of pyridine rings is 2. The summed E-state index contributed by atoms with van der Waals surface area (Å²) in [5.41, 5.74) is 0. The summed E-state index contributed by atoms with van der Waals surface area (Å²) in [4.78, 5) is 7.95. The summed E-state index contributed by atoms with van der Waals surface area (Å²) in [6, 6.07) is 1.90. The molecule has 0 atom stereocenters. The molecule has 2 rings (SSSR count). The van der Waals surface area contributed by atoms with Crippen molar-refractivity contribution in [2.75, 3.05) is 0 Å². The highest BCUT2D eigenvalue weighted by Gasteiger charge is 2.01. The Morgan fingerprint density at radius 3 is 2.83 bits per heavy atom. The van der Waals surface area contributed by atoms with Crippen LogP contribution in [0.3, 0.4) is 0 Å². The molecule has 0 aromatic carbocycles. The number of fused-ring (bicyclic) bond motifs is 1. The zero-order chi connectivity index (χ0) is 8.55. The molecule has 0 N–H and O–H groups in total. The van der Waals surface area contributed by atoms with Crippen molar-refractivity contribution >= 4 is 38.3 Å². The first-order valence-electron chi connectivity index (χ1n) is 3.33. The van der Waals surface area contributed by atoms with E-state index >= 15 is 0 Å². The number of hydrogen-bond acceptors (Lipinski definition) is 2. The van der Waals surface area contributed by atoms with Crippen LogP contribution in [-0.4, -0.2) is 9.97 Å². The second-order valence-electron chi connectivity index (χ2n) is 2.32. The van der Waals surface area contributed by atoms with Gasteiger partial charge in [0.2, 0.25) is 0 Å². The van der Waals surface area contributed by atoms with Gasteiger partial charge in [-0.25, -0.2) is 4.98 Å². The lowest BCUT2D eigenvalue weighted by Gasteiger charge is -1.99. The minimum absolute atomic E-state index is 0.487. The molecule has 60 valence electrons. The van der Waals surface area contributed by atoms with Gasteiger partial charge in [0, 0.05) is 33.8 Å². The third-order valence-corrected chi connectivity index (χ3v) is 2.52. The Morgan fingerprint density at radius 1 is 1.25 bits per heavy atom. The van der Waals surface area contributed by atoms with Crippen LogP contribution in [-0.2, 0) is 0 Å². The zero-order valence-corrected chi connectivity index (χ0v) is 8.30. The van der Waals surface area contributed by atoms with Crippen LogP contribution in [0.2, 0.25) is 5.15 Å². The van der Waals surface area contributed by atoms with E-state index < -0.39 is 0 Å². The summed E-state index contributed by atoms with van der Waals surface area (Å²) >= 11 is 9.24. The van der Waals surface area contributed by atoms with Gasteiger partial charge in [0.15, 0.2) is 0 Å². The molecule has 0 aliphatic heterocycles. The van der Waals surface area contributed by atoms with Crippen molar-refractivity contribution < 1.29 is 0 Å². The van der Waals surface area contributed by atoms with Crippen LogP contribution < -0.4 is 0 Å². The van der Waals surface area contributed by atoms with E-state index in [0.29, 0.717) is 5.15 Å². The van der Waals surface area contributed by atoms with Gasteiger partial charge in [-0.2, -0.15) is 0 Å². The smallest absolute Gasteiger partial charge is 0.138 e. The minimum Gasteiger partial charge on any atom is -0.263 e. The highest BCUT2D eigenvalue weighted by atomic mass is 79.9. The van der Waals surface area contributed by atoms with Crippen LogP contribution in [0, 0.1) is 0 Å². The number of aromatic nitrogens is 2. The molecule has 12 heavy (non-hydrogen) atoms. The van der Waals surface area contributed by atoms with Crippen molar-refractivity contribution in [2.24, 2.45) is 0 Å². The Bertz CT molecular complexity index is 389. The summed E-state index contributed by atoms with van der Waals surface area (Å²) in [6.45, 7) is 0. The normalized spacial score (nSPS) is 10.5. The summed E-state index contributed by atoms with van der Waals surface area (Å²) in [7, 11) is 0. The van der Waals surface area contributed by atoms with E-state index in [0.717, 1.165) is 15.2 Å². The van der Waals surface area contributed by atoms with E-state index in [1.54, 1.807) is 18.6 Å². The molecule has 2 heterocycles. The van der Waals surface area contributed by atoms with Gasteiger partial charge in [0.1, 0.15) is 5.15 Å². The zero-order valence-electron chi connectivity index (χ0n) is 5.96. The third kappa shape index (κ3) is 1.19. The Morgan fingerprint density at radius 2 is 2.08 bits per heavy atom. The Kier molecular flexibility index (Phi) is 1.98.